The summed E-state index contributed by atoms with van der Waals surface area (Å²) in [5.74, 6) is 0.230. The van der Waals surface area contributed by atoms with Crippen LogP contribution < -0.4 is 0 Å². The molecule has 0 bridgehead atoms. The Labute approximate surface area is 130 Å². The Kier molecular flexibility index (Phi) is 5.41. The fourth-order valence-electron chi connectivity index (χ4n) is 2.19. The fraction of sp³-hybridized carbons (Fsp3) is 0.312. The Hall–Kier alpha value is -1.09. The Morgan fingerprint density at radius 1 is 1.05 bits per heavy atom. The van der Waals surface area contributed by atoms with E-state index < -0.39 is 0 Å². The van der Waals surface area contributed by atoms with Crippen molar-refractivity contribution in [3.63, 3.8) is 0 Å². The van der Waals surface area contributed by atoms with Crippen LogP contribution in [-0.4, -0.2) is 30.5 Å². The van der Waals surface area contributed by atoms with Crippen LogP contribution in [0.15, 0.2) is 42.5 Å². The molecule has 0 aliphatic heterocycles. The van der Waals surface area contributed by atoms with Gasteiger partial charge in [-0.1, -0.05) is 41.4 Å². The minimum Gasteiger partial charge on any atom is -0.309 e. The lowest BCUT2D eigenvalue weighted by Crippen LogP contribution is -2.17. The summed E-state index contributed by atoms with van der Waals surface area (Å²) in [7, 11) is 4.15. The molecule has 0 aliphatic rings. The Bertz CT molecular complexity index is 553. The molecule has 1 heterocycles. The number of pyridine rings is 1. The molecule has 0 fully saturated rings. The third-order valence-corrected chi connectivity index (χ3v) is 3.69. The number of halogens is 2. The zero-order valence-electron chi connectivity index (χ0n) is 11.7. The van der Waals surface area contributed by atoms with Gasteiger partial charge in [-0.25, -0.2) is 4.98 Å². The molecule has 2 nitrogen and oxygen atoms in total. The molecule has 0 spiro atoms. The molecular formula is C16H18Cl2N2. The fourth-order valence-corrected chi connectivity index (χ4v) is 2.48. The minimum atomic E-state index is 0.230. The Morgan fingerprint density at radius 2 is 1.75 bits per heavy atom. The zero-order chi connectivity index (χ0) is 14.5. The molecule has 0 saturated heterocycles. The smallest absolute Gasteiger partial charge is 0.129 e. The maximum Gasteiger partial charge on any atom is 0.129 e. The van der Waals surface area contributed by atoms with Crippen molar-refractivity contribution in [3.8, 4) is 0 Å². The first-order valence-electron chi connectivity index (χ1n) is 6.59. The summed E-state index contributed by atoms with van der Waals surface area (Å²) in [6, 6.07) is 13.7. The first kappa shape index (κ1) is 15.3. The summed E-state index contributed by atoms with van der Waals surface area (Å²) < 4.78 is 0. The van der Waals surface area contributed by atoms with Crippen molar-refractivity contribution in [2.45, 2.75) is 12.3 Å². The number of nitrogens with zero attached hydrogens (tertiary/aromatic N) is 2. The molecule has 1 atom stereocenters. The van der Waals surface area contributed by atoms with Crippen LogP contribution in [0.3, 0.4) is 0 Å². The highest BCUT2D eigenvalue weighted by atomic mass is 35.5. The van der Waals surface area contributed by atoms with E-state index in [1.807, 2.05) is 24.3 Å². The Balaban J connectivity index is 2.31. The van der Waals surface area contributed by atoms with Crippen molar-refractivity contribution in [1.82, 2.24) is 9.88 Å². The first-order valence-corrected chi connectivity index (χ1v) is 7.34. The molecule has 1 aromatic carbocycles. The number of hydrogen-bond donors (Lipinski definition) is 0. The molecule has 20 heavy (non-hydrogen) atoms. The van der Waals surface area contributed by atoms with Gasteiger partial charge in [0, 0.05) is 16.6 Å². The second-order valence-electron chi connectivity index (χ2n) is 5.08. The van der Waals surface area contributed by atoms with Crippen LogP contribution in [0.5, 0.6) is 0 Å². The van der Waals surface area contributed by atoms with E-state index in [1.54, 1.807) is 6.07 Å². The van der Waals surface area contributed by atoms with Crippen molar-refractivity contribution in [2.75, 3.05) is 20.6 Å². The highest BCUT2D eigenvalue weighted by molar-refractivity contribution is 6.30. The van der Waals surface area contributed by atoms with Gasteiger partial charge in [-0.3, -0.25) is 0 Å². The predicted octanol–water partition coefficient (Wildman–Crippen LogP) is 4.47. The van der Waals surface area contributed by atoms with Crippen LogP contribution in [-0.2, 0) is 0 Å². The maximum atomic E-state index is 6.02. The lowest BCUT2D eigenvalue weighted by molar-refractivity contribution is 0.389. The van der Waals surface area contributed by atoms with Gasteiger partial charge in [-0.2, -0.15) is 0 Å². The quantitative estimate of drug-likeness (QED) is 0.757. The molecule has 0 aliphatic carbocycles. The van der Waals surface area contributed by atoms with E-state index in [4.69, 9.17) is 23.2 Å². The molecule has 0 radical (unpaired) electrons. The normalized spacial score (nSPS) is 12.7. The van der Waals surface area contributed by atoms with Crippen molar-refractivity contribution in [3.05, 3.63) is 63.9 Å². The molecule has 0 N–H and O–H groups in total. The van der Waals surface area contributed by atoms with E-state index in [0.29, 0.717) is 5.15 Å². The molecule has 2 aromatic rings. The van der Waals surface area contributed by atoms with Gasteiger partial charge in [0.2, 0.25) is 0 Å². The van der Waals surface area contributed by atoms with Crippen molar-refractivity contribution in [1.29, 1.82) is 0 Å². The SMILES string of the molecule is CN(C)CCC(c1ccc(Cl)cc1)c1cccc(Cl)n1. The van der Waals surface area contributed by atoms with Crippen LogP contribution in [0.4, 0.5) is 0 Å². The van der Waals surface area contributed by atoms with Crippen molar-refractivity contribution in [2.24, 2.45) is 0 Å². The average Bonchev–Trinajstić information content (AvgIpc) is 2.41. The highest BCUT2D eigenvalue weighted by Gasteiger charge is 2.16. The van der Waals surface area contributed by atoms with Gasteiger partial charge in [-0.05, 0) is 56.9 Å². The number of hydrogen-bond acceptors (Lipinski definition) is 2. The van der Waals surface area contributed by atoms with Gasteiger partial charge in [0.25, 0.3) is 0 Å². The Morgan fingerprint density at radius 3 is 2.35 bits per heavy atom. The molecule has 1 unspecified atom stereocenters. The lowest BCUT2D eigenvalue weighted by Gasteiger charge is -2.19. The van der Waals surface area contributed by atoms with E-state index in [-0.39, 0.29) is 5.92 Å². The second kappa shape index (κ2) is 7.07. The van der Waals surface area contributed by atoms with Gasteiger partial charge in [0.15, 0.2) is 0 Å². The maximum absolute atomic E-state index is 6.02. The number of rotatable bonds is 5. The standard InChI is InChI=1S/C16H18Cl2N2/c1-20(2)11-10-14(12-6-8-13(17)9-7-12)15-4-3-5-16(18)19-15/h3-9,14H,10-11H2,1-2H3. The van der Waals surface area contributed by atoms with Crippen molar-refractivity contribution < 1.29 is 0 Å². The lowest BCUT2D eigenvalue weighted by atomic mass is 9.92. The van der Waals surface area contributed by atoms with Crippen LogP contribution in [0, 0.1) is 0 Å². The number of aromatic nitrogens is 1. The molecular weight excluding hydrogens is 291 g/mol. The van der Waals surface area contributed by atoms with Crippen LogP contribution >= 0.6 is 23.2 Å². The largest absolute Gasteiger partial charge is 0.309 e. The van der Waals surface area contributed by atoms with Crippen molar-refractivity contribution >= 4 is 23.2 Å². The third kappa shape index (κ3) is 4.20. The van der Waals surface area contributed by atoms with E-state index in [1.165, 1.54) is 5.56 Å². The first-order chi connectivity index (χ1) is 9.56. The van der Waals surface area contributed by atoms with Crippen LogP contribution in [0.25, 0.3) is 0 Å². The molecule has 4 heteroatoms. The van der Waals surface area contributed by atoms with E-state index >= 15 is 0 Å². The molecule has 2 rings (SSSR count). The number of benzene rings is 1. The van der Waals surface area contributed by atoms with Gasteiger partial charge in [-0.15, -0.1) is 0 Å². The van der Waals surface area contributed by atoms with Crippen LogP contribution in [0.1, 0.15) is 23.6 Å². The highest BCUT2D eigenvalue weighted by Crippen LogP contribution is 2.28. The topological polar surface area (TPSA) is 16.1 Å². The van der Waals surface area contributed by atoms with Gasteiger partial charge in [0.05, 0.1) is 0 Å². The molecule has 1 aromatic heterocycles. The summed E-state index contributed by atoms with van der Waals surface area (Å²) >= 11 is 12.0. The van der Waals surface area contributed by atoms with E-state index in [9.17, 15) is 0 Å². The molecule has 0 saturated carbocycles. The van der Waals surface area contributed by atoms with Gasteiger partial charge >= 0.3 is 0 Å². The molecule has 0 amide bonds. The third-order valence-electron chi connectivity index (χ3n) is 3.23. The van der Waals surface area contributed by atoms with E-state index in [0.717, 1.165) is 23.7 Å². The van der Waals surface area contributed by atoms with E-state index in [2.05, 4.69) is 36.1 Å². The summed E-state index contributed by atoms with van der Waals surface area (Å²) in [6.07, 6.45) is 0.988. The minimum absolute atomic E-state index is 0.230. The zero-order valence-corrected chi connectivity index (χ0v) is 13.2. The summed E-state index contributed by atoms with van der Waals surface area (Å²) in [5, 5.41) is 1.28. The predicted molar refractivity (Wildman–Crippen MR) is 85.7 cm³/mol. The van der Waals surface area contributed by atoms with Crippen LogP contribution in [0.2, 0.25) is 10.2 Å². The summed E-state index contributed by atoms with van der Waals surface area (Å²) in [4.78, 5) is 6.64. The monoisotopic (exact) mass is 308 g/mol. The summed E-state index contributed by atoms with van der Waals surface area (Å²) in [5.41, 5.74) is 2.22. The van der Waals surface area contributed by atoms with Gasteiger partial charge < -0.3 is 4.90 Å². The summed E-state index contributed by atoms with van der Waals surface area (Å²) in [6.45, 7) is 0.988. The second-order valence-corrected chi connectivity index (χ2v) is 5.90. The van der Waals surface area contributed by atoms with Gasteiger partial charge in [0.1, 0.15) is 5.15 Å². The average molecular weight is 309 g/mol. The molecule has 106 valence electrons.